The first-order chi connectivity index (χ1) is 53.4. The van der Waals surface area contributed by atoms with Crippen molar-refractivity contribution in [3.63, 3.8) is 0 Å². The number of rotatable bonds is 6. The molecule has 6 aliphatic rings. The molecule has 8 nitrogen and oxygen atoms in total. The van der Waals surface area contributed by atoms with Gasteiger partial charge in [0.05, 0.1) is 0 Å². The maximum atomic E-state index is 6.47. The molecule has 0 saturated heterocycles. The molecule has 0 saturated carbocycles. The quantitative estimate of drug-likeness (QED) is 0.152. The molecule has 0 atom stereocenters. The van der Waals surface area contributed by atoms with Crippen molar-refractivity contribution in [3.05, 3.63) is 346 Å². The molecule has 12 heteroatoms. The smallest absolute Gasteiger partial charge is 0.260 e. The van der Waals surface area contributed by atoms with E-state index in [4.69, 9.17) is 37.3 Å². The summed E-state index contributed by atoms with van der Waals surface area (Å²) >= 11 is 1.83. The summed E-state index contributed by atoms with van der Waals surface area (Å²) in [5.41, 5.74) is 22.0. The minimum Gasteiger partial charge on any atom is -0.458 e. The lowest BCUT2D eigenvalue weighted by Crippen LogP contribution is -2.57. The van der Waals surface area contributed by atoms with Crippen LogP contribution >= 0.6 is 11.3 Å². The van der Waals surface area contributed by atoms with Gasteiger partial charge in [0.25, 0.3) is 20.1 Å². The number of para-hydroxylation sites is 7. The summed E-state index contributed by atoms with van der Waals surface area (Å²) in [5.74, 6) is 12.3. The molecular weight excluding hydrogens is 1350 g/mol. The van der Waals surface area contributed by atoms with E-state index in [0.717, 1.165) is 163 Å². The molecule has 0 spiro atoms. The van der Waals surface area contributed by atoms with Crippen LogP contribution in [-0.2, 0) is 0 Å². The maximum Gasteiger partial charge on any atom is 0.260 e. The molecule has 0 amide bonds. The second kappa shape index (κ2) is 25.0. The molecule has 108 heavy (non-hydrogen) atoms. The van der Waals surface area contributed by atoms with Crippen LogP contribution in [0, 0.1) is 0 Å². The van der Waals surface area contributed by atoms with Gasteiger partial charge in [0, 0.05) is 47.9 Å². The van der Waals surface area contributed by atoms with E-state index in [1.165, 1.54) is 53.3 Å². The predicted molar refractivity (Wildman–Crippen MR) is 440 cm³/mol. The Kier molecular flexibility index (Phi) is 14.3. The van der Waals surface area contributed by atoms with Crippen LogP contribution in [0.15, 0.2) is 355 Å². The third-order valence-electron chi connectivity index (χ3n) is 21.6. The van der Waals surface area contributed by atoms with E-state index in [1.54, 1.807) is 0 Å². The molecule has 0 radical (unpaired) electrons. The van der Waals surface area contributed by atoms with Gasteiger partial charge in [-0.3, -0.25) is 0 Å². The SMILES string of the molecule is c1ccc(-c2cc3cc(-c4cc5c6c(c4)Oc4ccccc4B6c4ccccc4O5)ccc3o2)cc1.c1ccc(-c2cc3cc(-c4cc5c6c(c4)Oc4ccccc4B6c4ccccc4O5)ccc3s2)cc1.c1ccc2c(c1)Oc1cc(-c3ccc(-c4cc5ccccc5o4)cc3)cc3c1B2c1ccccc1O3. The Labute approximate surface area is 627 Å². The summed E-state index contributed by atoms with van der Waals surface area (Å²) in [5, 5.41) is 3.42. The van der Waals surface area contributed by atoms with Gasteiger partial charge >= 0.3 is 0 Å². The number of hydrogen-bond donors (Lipinski definition) is 0. The normalized spacial score (nSPS) is 12.8. The number of ether oxygens (including phenoxy) is 6. The fraction of sp³-hybridized carbons (Fsp3) is 0. The van der Waals surface area contributed by atoms with Crippen LogP contribution in [0.3, 0.4) is 0 Å². The average molecular weight is 1400 g/mol. The number of benzene rings is 15. The Balaban J connectivity index is 0.000000100. The van der Waals surface area contributed by atoms with Crippen LogP contribution in [-0.4, -0.2) is 20.1 Å². The van der Waals surface area contributed by atoms with Crippen molar-refractivity contribution in [3.8, 4) is 135 Å². The predicted octanol–water partition coefficient (Wildman–Crippen LogP) is 20.0. The molecule has 0 aliphatic carbocycles. The zero-order valence-electron chi connectivity index (χ0n) is 57.8. The van der Waals surface area contributed by atoms with Crippen LogP contribution in [0.2, 0.25) is 0 Å². The average Bonchev–Trinajstić information content (AvgIpc) is 1.45. The number of furan rings is 2. The van der Waals surface area contributed by atoms with E-state index in [9.17, 15) is 0 Å². The first-order valence-corrected chi connectivity index (χ1v) is 37.2. The summed E-state index contributed by atoms with van der Waals surface area (Å²) in [6.45, 7) is 0.282. The lowest BCUT2D eigenvalue weighted by atomic mass is 9.35. The van der Waals surface area contributed by atoms with Crippen molar-refractivity contribution in [1.82, 2.24) is 0 Å². The first-order valence-electron chi connectivity index (χ1n) is 36.4. The van der Waals surface area contributed by atoms with Gasteiger partial charge in [-0.2, -0.15) is 0 Å². The molecule has 15 aromatic carbocycles. The molecule has 18 aromatic rings. The molecule has 504 valence electrons. The van der Waals surface area contributed by atoms with Gasteiger partial charge in [-0.05, 0) is 198 Å². The van der Waals surface area contributed by atoms with Gasteiger partial charge in [0.2, 0.25) is 0 Å². The highest BCUT2D eigenvalue weighted by molar-refractivity contribution is 7.22. The second-order valence-corrected chi connectivity index (χ2v) is 29.1. The van der Waals surface area contributed by atoms with E-state index in [1.807, 2.05) is 114 Å². The van der Waals surface area contributed by atoms with Gasteiger partial charge in [0.15, 0.2) is 0 Å². The highest BCUT2D eigenvalue weighted by Crippen LogP contribution is 2.45. The largest absolute Gasteiger partial charge is 0.458 e. The van der Waals surface area contributed by atoms with Gasteiger partial charge in [0.1, 0.15) is 91.7 Å². The van der Waals surface area contributed by atoms with Gasteiger partial charge in [-0.15, -0.1) is 11.3 Å². The molecule has 0 fully saturated rings. The van der Waals surface area contributed by atoms with Crippen molar-refractivity contribution in [2.75, 3.05) is 0 Å². The van der Waals surface area contributed by atoms with Crippen LogP contribution in [0.4, 0.5) is 0 Å². The van der Waals surface area contributed by atoms with E-state index in [-0.39, 0.29) is 20.1 Å². The third kappa shape index (κ3) is 10.5. The number of fused-ring (bicyclic) bond motifs is 15. The van der Waals surface area contributed by atoms with Gasteiger partial charge in [-0.25, -0.2) is 0 Å². The van der Waals surface area contributed by atoms with Crippen LogP contribution < -0.4 is 77.6 Å². The van der Waals surface area contributed by atoms with E-state index in [2.05, 4.69) is 243 Å². The molecule has 24 rings (SSSR count). The lowest BCUT2D eigenvalue weighted by molar-refractivity contribution is 0.464. The van der Waals surface area contributed by atoms with Gasteiger partial charge < -0.3 is 37.3 Å². The van der Waals surface area contributed by atoms with E-state index < -0.39 is 0 Å². The monoisotopic (exact) mass is 1400 g/mol. The highest BCUT2D eigenvalue weighted by atomic mass is 32.1. The van der Waals surface area contributed by atoms with E-state index >= 15 is 0 Å². The van der Waals surface area contributed by atoms with Crippen molar-refractivity contribution >= 4 is 113 Å². The second-order valence-electron chi connectivity index (χ2n) is 28.0. The van der Waals surface area contributed by atoms with Crippen molar-refractivity contribution < 1.29 is 37.3 Å². The Morgan fingerprint density at radius 1 is 0.194 bits per heavy atom. The fourth-order valence-electron chi connectivity index (χ4n) is 16.6. The minimum atomic E-state index is 0.0868. The minimum absolute atomic E-state index is 0.0868. The fourth-order valence-corrected chi connectivity index (χ4v) is 17.6. The lowest BCUT2D eigenvalue weighted by Gasteiger charge is -2.33. The summed E-state index contributed by atoms with van der Waals surface area (Å²) in [4.78, 5) is 1.28. The van der Waals surface area contributed by atoms with Crippen LogP contribution in [0.1, 0.15) is 0 Å². The standard InChI is InChI=1S/2C32H19BO3.C32H19BO2S/c1-4-10-26-22(7-1)17-29(34-26)21-15-13-20(14-16-21)23-18-30-32-31(19-23)36-28-12-6-3-9-25(28)33(32)24-8-2-5-11-27(24)35-30;1-2-8-20(9-3-1)29-19-23-16-21(14-15-26(23)34-29)22-17-30-32-31(18-22)36-28-13-7-5-11-25(28)33(32)24-10-4-6-12-27(24)35-30;1-2-8-20(9-3-1)31-19-23-16-21(14-15-30(23)36-31)22-17-28-32-29(18-22)35-27-13-7-5-11-25(27)33(32)24-10-4-6-12-26(24)34-28/h3*1-19H. The topological polar surface area (TPSA) is 81.7 Å². The molecule has 0 bridgehead atoms. The molecule has 0 unspecified atom stereocenters. The first kappa shape index (κ1) is 61.8. The summed E-state index contributed by atoms with van der Waals surface area (Å²) in [6, 6.07) is 120. The third-order valence-corrected chi connectivity index (χ3v) is 22.8. The van der Waals surface area contributed by atoms with E-state index in [0.29, 0.717) is 0 Å². The zero-order valence-corrected chi connectivity index (χ0v) is 58.6. The molecule has 3 aromatic heterocycles. The molecule has 6 aliphatic heterocycles. The van der Waals surface area contributed by atoms with Crippen LogP contribution in [0.25, 0.3) is 98.5 Å². The number of thiophene rings is 1. The van der Waals surface area contributed by atoms with Gasteiger partial charge in [-0.1, -0.05) is 224 Å². The summed E-state index contributed by atoms with van der Waals surface area (Å²) in [6.07, 6.45) is 0. The summed E-state index contributed by atoms with van der Waals surface area (Å²) < 4.78 is 52.2. The maximum absolute atomic E-state index is 6.47. The van der Waals surface area contributed by atoms with Crippen molar-refractivity contribution in [1.29, 1.82) is 0 Å². The Morgan fingerprint density at radius 2 is 0.509 bits per heavy atom. The zero-order chi connectivity index (χ0) is 70.9. The molecule has 9 heterocycles. The Hall–Kier alpha value is -13.7. The summed E-state index contributed by atoms with van der Waals surface area (Å²) in [7, 11) is 0. The molecular formula is C96H57B3O8S. The number of hydrogen-bond acceptors (Lipinski definition) is 9. The molecule has 0 N–H and O–H groups in total. The Bertz CT molecular complexity index is 6170. The van der Waals surface area contributed by atoms with Crippen LogP contribution in [0.5, 0.6) is 69.0 Å². The van der Waals surface area contributed by atoms with Crippen molar-refractivity contribution in [2.24, 2.45) is 0 Å². The van der Waals surface area contributed by atoms with Crippen molar-refractivity contribution in [2.45, 2.75) is 0 Å². The Morgan fingerprint density at radius 3 is 0.935 bits per heavy atom. The highest BCUT2D eigenvalue weighted by Gasteiger charge is 2.43.